The maximum absolute atomic E-state index is 6.45. The van der Waals surface area contributed by atoms with Crippen LogP contribution in [-0.2, 0) is 4.74 Å². The molecule has 3 heteroatoms. The quantitative estimate of drug-likeness (QED) is 0.587. The van der Waals surface area contributed by atoms with Crippen LogP contribution in [0.5, 0.6) is 0 Å². The van der Waals surface area contributed by atoms with Gasteiger partial charge < -0.3 is 4.74 Å². The molecule has 4 saturated carbocycles. The van der Waals surface area contributed by atoms with Crippen LogP contribution in [0, 0.1) is 23.2 Å². The van der Waals surface area contributed by atoms with Gasteiger partial charge in [-0.25, -0.2) is 4.99 Å². The molecule has 0 aromatic heterocycles. The molecule has 4 bridgehead atoms. The lowest BCUT2D eigenvalue weighted by Crippen LogP contribution is -2.50. The maximum atomic E-state index is 6.45. The van der Waals surface area contributed by atoms with E-state index in [2.05, 4.69) is 67.6 Å². The lowest BCUT2D eigenvalue weighted by Gasteiger charge is -2.56. The minimum absolute atomic E-state index is 0.277. The Kier molecular flexibility index (Phi) is 4.75. The molecule has 5 aliphatic rings. The molecule has 0 amide bonds. The molecule has 2 aromatic rings. The second-order valence-electron chi connectivity index (χ2n) is 10.3. The van der Waals surface area contributed by atoms with Gasteiger partial charge in [-0.2, -0.15) is 0 Å². The Bertz CT molecular complexity index is 850. The van der Waals surface area contributed by atoms with Gasteiger partial charge in [0.1, 0.15) is 6.61 Å². The van der Waals surface area contributed by atoms with Crippen molar-refractivity contribution in [3.8, 4) is 0 Å². The summed E-state index contributed by atoms with van der Waals surface area (Å²) >= 11 is 0. The molecule has 4 fully saturated rings. The first kappa shape index (κ1) is 19.1. The van der Waals surface area contributed by atoms with E-state index >= 15 is 0 Å². The third-order valence-electron chi connectivity index (χ3n) is 8.20. The summed E-state index contributed by atoms with van der Waals surface area (Å²) in [5.41, 5.74) is 0.752. The lowest BCUT2D eigenvalue weighted by atomic mass is 9.49. The molecule has 0 N–H and O–H groups in total. The molecule has 2 aromatic carbocycles. The zero-order chi connectivity index (χ0) is 20.1. The van der Waals surface area contributed by atoms with Gasteiger partial charge in [0, 0.05) is 11.1 Å². The first-order valence-corrected chi connectivity index (χ1v) is 13.2. The van der Waals surface area contributed by atoms with Crippen LogP contribution >= 0.6 is 7.92 Å². The molecule has 2 atom stereocenters. The molecule has 2 nitrogen and oxygen atoms in total. The van der Waals surface area contributed by atoms with Gasteiger partial charge >= 0.3 is 0 Å². The van der Waals surface area contributed by atoms with Crippen LogP contribution in [0.2, 0.25) is 0 Å². The topological polar surface area (TPSA) is 21.6 Å². The van der Waals surface area contributed by atoms with Crippen molar-refractivity contribution in [2.75, 3.05) is 6.61 Å². The number of aliphatic imine (C=N–C) groups is 1. The smallest absolute Gasteiger partial charge is 0.190 e. The van der Waals surface area contributed by atoms with Crippen molar-refractivity contribution in [3.63, 3.8) is 0 Å². The van der Waals surface area contributed by atoms with Crippen LogP contribution in [-0.4, -0.2) is 24.2 Å². The van der Waals surface area contributed by atoms with Crippen molar-refractivity contribution < 1.29 is 4.74 Å². The minimum Gasteiger partial charge on any atom is -0.478 e. The number of ether oxygens (including phenoxy) is 1. The predicted molar refractivity (Wildman–Crippen MR) is 126 cm³/mol. The Balaban J connectivity index is 1.30. The van der Waals surface area contributed by atoms with Crippen molar-refractivity contribution in [1.82, 2.24) is 0 Å². The van der Waals surface area contributed by atoms with Gasteiger partial charge in [0.05, 0.1) is 6.04 Å². The van der Waals surface area contributed by atoms with Gasteiger partial charge in [-0.1, -0.05) is 67.6 Å². The summed E-state index contributed by atoms with van der Waals surface area (Å²) in [7, 11) is -0.462. The van der Waals surface area contributed by atoms with Crippen LogP contribution in [0.1, 0.15) is 45.4 Å². The fourth-order valence-electron chi connectivity index (χ4n) is 7.27. The van der Waals surface area contributed by atoms with E-state index in [0.717, 1.165) is 30.3 Å². The molecular weight excluding hydrogens is 385 g/mol. The molecule has 1 aliphatic heterocycles. The molecule has 30 heavy (non-hydrogen) atoms. The average Bonchev–Trinajstić information content (AvgIpc) is 3.26. The minimum atomic E-state index is -0.462. The number of rotatable bonds is 5. The van der Waals surface area contributed by atoms with Crippen LogP contribution in [0.4, 0.5) is 0 Å². The monoisotopic (exact) mass is 417 g/mol. The number of hydrogen-bond donors (Lipinski definition) is 0. The number of nitrogens with zero attached hydrogens (tertiary/aromatic N) is 1. The third kappa shape index (κ3) is 3.23. The number of benzene rings is 2. The molecule has 7 rings (SSSR count). The Morgan fingerprint density at radius 3 is 1.83 bits per heavy atom. The Hall–Kier alpha value is -1.66. The molecule has 1 unspecified atom stereocenters. The Labute approximate surface area is 181 Å². The van der Waals surface area contributed by atoms with Crippen molar-refractivity contribution in [1.29, 1.82) is 0 Å². The van der Waals surface area contributed by atoms with E-state index in [-0.39, 0.29) is 11.5 Å². The Morgan fingerprint density at radius 2 is 1.33 bits per heavy atom. The molecule has 0 spiro atoms. The standard InChI is InChI=1S/C27H32NOP/c1-19(30(23-8-4-2-5-9-23)24-10-6-3-7-11-24)25-18-29-26(28-25)27-15-20-12-21(16-27)14-22(13-20)17-27/h2-11,19-22,25H,12-18H2,1H3/t19?,20?,21?,22?,25-,27?/m0/s1. The maximum Gasteiger partial charge on any atom is 0.190 e. The summed E-state index contributed by atoms with van der Waals surface area (Å²) in [6, 6.07) is 22.4. The molecule has 1 heterocycles. The van der Waals surface area contributed by atoms with E-state index in [0.29, 0.717) is 5.66 Å². The first-order valence-electron chi connectivity index (χ1n) is 11.8. The van der Waals surface area contributed by atoms with Crippen LogP contribution < -0.4 is 10.6 Å². The van der Waals surface area contributed by atoms with Crippen molar-refractivity contribution >= 4 is 24.4 Å². The largest absolute Gasteiger partial charge is 0.478 e. The molecule has 0 saturated heterocycles. The zero-order valence-corrected chi connectivity index (χ0v) is 18.8. The van der Waals surface area contributed by atoms with Crippen molar-refractivity contribution in [3.05, 3.63) is 60.7 Å². The van der Waals surface area contributed by atoms with Gasteiger partial charge in [0.25, 0.3) is 0 Å². The van der Waals surface area contributed by atoms with Gasteiger partial charge in [0.2, 0.25) is 0 Å². The highest BCUT2D eigenvalue weighted by molar-refractivity contribution is 7.73. The normalized spacial score (nSPS) is 35.3. The second kappa shape index (κ2) is 7.49. The van der Waals surface area contributed by atoms with E-state index in [1.807, 2.05) is 0 Å². The van der Waals surface area contributed by atoms with E-state index in [1.54, 1.807) is 0 Å². The van der Waals surface area contributed by atoms with Crippen molar-refractivity contribution in [2.45, 2.75) is 57.1 Å². The zero-order valence-electron chi connectivity index (χ0n) is 17.9. The number of hydrogen-bond acceptors (Lipinski definition) is 2. The third-order valence-corrected chi connectivity index (χ3v) is 11.1. The van der Waals surface area contributed by atoms with Crippen LogP contribution in [0.3, 0.4) is 0 Å². The Morgan fingerprint density at radius 1 is 0.833 bits per heavy atom. The summed E-state index contributed by atoms with van der Waals surface area (Å²) in [5.74, 6) is 3.95. The van der Waals surface area contributed by atoms with Gasteiger partial charge in [-0.3, -0.25) is 0 Å². The summed E-state index contributed by atoms with van der Waals surface area (Å²) in [6.07, 6.45) is 8.43. The molecular formula is C27H32NOP. The highest BCUT2D eigenvalue weighted by atomic mass is 31.1. The first-order chi connectivity index (χ1) is 14.7. The molecule has 0 radical (unpaired) electrons. The van der Waals surface area contributed by atoms with Crippen LogP contribution in [0.15, 0.2) is 65.7 Å². The van der Waals surface area contributed by atoms with Gasteiger partial charge in [-0.05, 0) is 74.8 Å². The van der Waals surface area contributed by atoms with Gasteiger partial charge in [0.15, 0.2) is 5.90 Å². The summed E-state index contributed by atoms with van der Waals surface area (Å²) in [6.45, 7) is 3.18. The molecule has 4 aliphatic carbocycles. The van der Waals surface area contributed by atoms with E-state index < -0.39 is 7.92 Å². The molecule has 156 valence electrons. The average molecular weight is 418 g/mol. The predicted octanol–water partition coefficient (Wildman–Crippen LogP) is 5.52. The summed E-state index contributed by atoms with van der Waals surface area (Å²) < 4.78 is 6.45. The fraction of sp³-hybridized carbons (Fsp3) is 0.519. The lowest BCUT2D eigenvalue weighted by molar-refractivity contribution is -0.0226. The fourth-order valence-corrected chi connectivity index (χ4v) is 9.99. The van der Waals surface area contributed by atoms with Crippen LogP contribution in [0.25, 0.3) is 0 Å². The second-order valence-corrected chi connectivity index (χ2v) is 12.9. The highest BCUT2D eigenvalue weighted by Gasteiger charge is 2.55. The summed E-state index contributed by atoms with van der Waals surface area (Å²) in [4.78, 5) is 5.36. The van der Waals surface area contributed by atoms with Crippen molar-refractivity contribution in [2.24, 2.45) is 28.2 Å². The van der Waals surface area contributed by atoms with E-state index in [4.69, 9.17) is 9.73 Å². The van der Waals surface area contributed by atoms with E-state index in [9.17, 15) is 0 Å². The highest BCUT2D eigenvalue weighted by Crippen LogP contribution is 2.61. The SMILES string of the molecule is CC([C@@H]1COC(C23CC4CC(CC(C4)C2)C3)=N1)P(c1ccccc1)c1ccccc1. The van der Waals surface area contributed by atoms with Gasteiger partial charge in [-0.15, -0.1) is 0 Å². The van der Waals surface area contributed by atoms with E-state index in [1.165, 1.54) is 49.1 Å². The summed E-state index contributed by atoms with van der Waals surface area (Å²) in [5, 5.41) is 2.90.